The summed E-state index contributed by atoms with van der Waals surface area (Å²) in [5.41, 5.74) is 0.346. The maximum absolute atomic E-state index is 16.8. The second-order valence-corrected chi connectivity index (χ2v) is 12.3. The first-order valence-corrected chi connectivity index (χ1v) is 16.3. The minimum Gasteiger partial charge on any atom is -0.462 e. The number of likely N-dealkylation sites (tertiary alicyclic amines) is 1. The van der Waals surface area contributed by atoms with E-state index in [9.17, 15) is 10.1 Å². The Hall–Kier alpha value is -5.38. The second-order valence-electron chi connectivity index (χ2n) is 12.3. The fourth-order valence-corrected chi connectivity index (χ4v) is 6.62. The summed E-state index contributed by atoms with van der Waals surface area (Å²) in [6.07, 6.45) is 4.99. The van der Waals surface area contributed by atoms with Crippen LogP contribution in [0.5, 0.6) is 6.01 Å². The summed E-state index contributed by atoms with van der Waals surface area (Å²) < 4.78 is 39.8. The van der Waals surface area contributed by atoms with Crippen molar-refractivity contribution in [1.29, 1.82) is 5.26 Å². The highest BCUT2D eigenvalue weighted by Crippen LogP contribution is 2.37. The summed E-state index contributed by atoms with van der Waals surface area (Å²) in [4.78, 5) is 35.4. The number of amides is 1. The number of fused-ring (bicyclic) bond motifs is 2. The van der Waals surface area contributed by atoms with Crippen molar-refractivity contribution in [2.45, 2.75) is 31.3 Å². The summed E-state index contributed by atoms with van der Waals surface area (Å²) in [6, 6.07) is 19.9. The molecule has 2 aromatic carbocycles. The molecular weight excluding hydrogens is 626 g/mol. The molecule has 49 heavy (non-hydrogen) atoms. The molecule has 2 saturated heterocycles. The fourth-order valence-electron chi connectivity index (χ4n) is 6.62. The summed E-state index contributed by atoms with van der Waals surface area (Å²) in [7, 11) is 2.01. The fraction of sp³-hybridized carbons (Fsp3) is 0.297. The van der Waals surface area contributed by atoms with Gasteiger partial charge < -0.3 is 19.9 Å². The average Bonchev–Trinajstić information content (AvgIpc) is 3.55. The first kappa shape index (κ1) is 32.2. The molecule has 7 rings (SSSR count). The highest BCUT2D eigenvalue weighted by Gasteiger charge is 2.31. The molecule has 0 unspecified atom stereocenters. The number of carbonyl (C=O) groups excluding carboxylic acids is 1. The lowest BCUT2D eigenvalue weighted by atomic mass is 9.99. The van der Waals surface area contributed by atoms with E-state index in [4.69, 9.17) is 4.74 Å². The Balaban J connectivity index is 1.41. The maximum Gasteiger partial charge on any atom is 0.317 e. The second kappa shape index (κ2) is 14.0. The van der Waals surface area contributed by atoms with Crippen LogP contribution < -0.4 is 10.1 Å². The van der Waals surface area contributed by atoms with E-state index in [1.807, 2.05) is 43.4 Å². The number of rotatable bonds is 8. The van der Waals surface area contributed by atoms with Gasteiger partial charge in [0.2, 0.25) is 0 Å². The van der Waals surface area contributed by atoms with Gasteiger partial charge in [0.25, 0.3) is 5.91 Å². The van der Waals surface area contributed by atoms with Crippen LogP contribution in [-0.4, -0.2) is 87.6 Å². The number of piperazine rings is 1. The molecule has 1 amide bonds. The Morgan fingerprint density at radius 2 is 1.90 bits per heavy atom. The van der Waals surface area contributed by atoms with Gasteiger partial charge in [-0.1, -0.05) is 48.5 Å². The molecule has 10 nitrogen and oxygen atoms in total. The number of aromatic nitrogens is 4. The first-order chi connectivity index (χ1) is 23.9. The molecule has 3 aromatic heterocycles. The summed E-state index contributed by atoms with van der Waals surface area (Å²) >= 11 is 0. The van der Waals surface area contributed by atoms with Gasteiger partial charge in [0.05, 0.1) is 29.5 Å². The first-order valence-electron chi connectivity index (χ1n) is 16.3. The van der Waals surface area contributed by atoms with Gasteiger partial charge in [-0.2, -0.15) is 15.2 Å². The highest BCUT2D eigenvalue weighted by atomic mass is 19.1. The molecule has 1 N–H and O–H groups in total. The molecule has 2 aliphatic heterocycles. The number of nitrogens with zero attached hydrogens (tertiary/aromatic N) is 7. The van der Waals surface area contributed by atoms with Crippen molar-refractivity contribution in [2.75, 3.05) is 39.8 Å². The van der Waals surface area contributed by atoms with Crippen LogP contribution in [0.25, 0.3) is 38.5 Å². The zero-order valence-electron chi connectivity index (χ0n) is 26.9. The third-order valence-corrected chi connectivity index (χ3v) is 9.23. The van der Waals surface area contributed by atoms with Crippen LogP contribution in [0.2, 0.25) is 0 Å². The Morgan fingerprint density at radius 1 is 1.06 bits per heavy atom. The molecule has 0 bridgehead atoms. The van der Waals surface area contributed by atoms with Gasteiger partial charge >= 0.3 is 6.01 Å². The standard InChI is InChI=1S/C37H34F2N8O2/c1-46-18-7-10-25(46)22-49-37-44-33(28-20-43-34(32(39)35(28)45-37)27-12-6-9-23-8-2-3-11-26(23)27)30(29-13-4-5-16-42-29)31(38)36(48)47-19-17-41-24(21-47)14-15-40/h2-6,8-9,11-13,16,20,24-25,41H,7,10,14,17-19,21-22H2,1H3/b31-30-/t24-,25-/m0/s1. The van der Waals surface area contributed by atoms with Crippen LogP contribution >= 0.6 is 0 Å². The lowest BCUT2D eigenvalue weighted by Gasteiger charge is -2.32. The summed E-state index contributed by atoms with van der Waals surface area (Å²) in [6.45, 7) is 1.96. The van der Waals surface area contributed by atoms with Gasteiger partial charge in [-0.3, -0.25) is 14.8 Å². The number of benzene rings is 2. The molecule has 5 heterocycles. The largest absolute Gasteiger partial charge is 0.462 e. The van der Waals surface area contributed by atoms with Crippen molar-refractivity contribution in [3.63, 3.8) is 0 Å². The number of likely N-dealkylation sites (N-methyl/N-ethyl adjacent to an activating group) is 1. The number of nitriles is 1. The predicted molar refractivity (Wildman–Crippen MR) is 181 cm³/mol. The molecule has 248 valence electrons. The van der Waals surface area contributed by atoms with Crippen LogP contribution in [0.15, 0.2) is 78.9 Å². The molecule has 2 atom stereocenters. The molecule has 5 aromatic rings. The van der Waals surface area contributed by atoms with Crippen molar-refractivity contribution in [2.24, 2.45) is 0 Å². The molecule has 0 radical (unpaired) electrons. The average molecular weight is 661 g/mol. The van der Waals surface area contributed by atoms with Crippen LogP contribution in [-0.2, 0) is 4.79 Å². The normalized spacial score (nSPS) is 18.8. The lowest BCUT2D eigenvalue weighted by molar-refractivity contribution is -0.129. The monoisotopic (exact) mass is 660 g/mol. The molecule has 0 aliphatic carbocycles. The Labute approximate surface area is 282 Å². The Bertz CT molecular complexity index is 2100. The van der Waals surface area contributed by atoms with Crippen LogP contribution in [0.3, 0.4) is 0 Å². The van der Waals surface area contributed by atoms with E-state index in [0.717, 1.165) is 30.2 Å². The van der Waals surface area contributed by atoms with E-state index in [2.05, 4.69) is 36.2 Å². The van der Waals surface area contributed by atoms with Crippen molar-refractivity contribution >= 4 is 33.2 Å². The number of ether oxygens (including phenoxy) is 1. The van der Waals surface area contributed by atoms with E-state index in [1.54, 1.807) is 24.3 Å². The zero-order chi connectivity index (χ0) is 33.9. The topological polar surface area (TPSA) is 120 Å². The molecule has 12 heteroatoms. The van der Waals surface area contributed by atoms with Gasteiger partial charge in [-0.25, -0.2) is 8.78 Å². The minimum atomic E-state index is -1.11. The van der Waals surface area contributed by atoms with Crippen LogP contribution in [0, 0.1) is 17.1 Å². The van der Waals surface area contributed by atoms with Crippen LogP contribution in [0.1, 0.15) is 30.7 Å². The van der Waals surface area contributed by atoms with E-state index >= 15 is 8.78 Å². The highest BCUT2D eigenvalue weighted by molar-refractivity contribution is 6.06. The van der Waals surface area contributed by atoms with E-state index in [1.165, 1.54) is 17.3 Å². The maximum atomic E-state index is 16.8. The molecular formula is C37H34F2N8O2. The number of hydrogen-bond donors (Lipinski definition) is 1. The van der Waals surface area contributed by atoms with Crippen molar-refractivity contribution in [3.05, 3.63) is 96.1 Å². The molecule has 0 spiro atoms. The van der Waals surface area contributed by atoms with Crippen molar-refractivity contribution in [1.82, 2.24) is 35.1 Å². The van der Waals surface area contributed by atoms with E-state index in [-0.39, 0.29) is 77.8 Å². The Morgan fingerprint density at radius 3 is 2.69 bits per heavy atom. The minimum absolute atomic E-state index is 0.0658. The number of halogens is 2. The van der Waals surface area contributed by atoms with Gasteiger partial charge in [0.1, 0.15) is 17.8 Å². The quantitative estimate of drug-likeness (QED) is 0.221. The predicted octanol–water partition coefficient (Wildman–Crippen LogP) is 5.30. The number of pyridine rings is 2. The molecule has 0 saturated carbocycles. The lowest BCUT2D eigenvalue weighted by Crippen LogP contribution is -2.52. The van der Waals surface area contributed by atoms with E-state index < -0.39 is 17.6 Å². The van der Waals surface area contributed by atoms with Gasteiger partial charge in [0.15, 0.2) is 11.6 Å². The van der Waals surface area contributed by atoms with Crippen molar-refractivity contribution < 1.29 is 18.3 Å². The number of hydrogen-bond acceptors (Lipinski definition) is 9. The van der Waals surface area contributed by atoms with Crippen LogP contribution in [0.4, 0.5) is 8.78 Å². The number of nitrogens with one attached hydrogen (secondary N) is 1. The molecule has 2 aliphatic rings. The van der Waals surface area contributed by atoms with Gasteiger partial charge in [0, 0.05) is 55.1 Å². The SMILES string of the molecule is CN1CCC[C@H]1COc1nc(/C(=C(\F)C(=O)N2CCN[C@@H](CC#N)C2)c2ccccn2)c2cnc(-c3cccc4ccccc34)c(F)c2n1. The smallest absolute Gasteiger partial charge is 0.317 e. The van der Waals surface area contributed by atoms with Crippen molar-refractivity contribution in [3.8, 4) is 23.3 Å². The summed E-state index contributed by atoms with van der Waals surface area (Å²) in [5, 5.41) is 14.2. The third-order valence-electron chi connectivity index (χ3n) is 9.23. The Kier molecular flexibility index (Phi) is 9.19. The van der Waals surface area contributed by atoms with Gasteiger partial charge in [-0.05, 0) is 49.3 Å². The number of carbonyl (C=O) groups is 1. The molecule has 2 fully saturated rings. The third kappa shape index (κ3) is 6.42. The van der Waals surface area contributed by atoms with E-state index in [0.29, 0.717) is 12.1 Å². The van der Waals surface area contributed by atoms with Gasteiger partial charge in [-0.15, -0.1) is 0 Å². The zero-order valence-corrected chi connectivity index (χ0v) is 26.9. The summed E-state index contributed by atoms with van der Waals surface area (Å²) in [5.74, 6) is -2.72.